The third-order valence-electron chi connectivity index (χ3n) is 13.7. The van der Waals surface area contributed by atoms with E-state index in [2.05, 4.69) is 298 Å². The molecule has 0 amide bonds. The van der Waals surface area contributed by atoms with Gasteiger partial charge in [-0.25, -0.2) is 0 Å². The zero-order valence-corrected chi connectivity index (χ0v) is 38.3. The first-order chi connectivity index (χ1) is 34.7. The summed E-state index contributed by atoms with van der Waals surface area (Å²) in [5.74, 6) is 0. The molecule has 0 radical (unpaired) electrons. The second kappa shape index (κ2) is 17.4. The van der Waals surface area contributed by atoms with Crippen molar-refractivity contribution < 1.29 is 0 Å². The monoisotopic (exact) mass is 894 g/mol. The molecule has 0 fully saturated rings. The molecule has 0 atom stereocenters. The summed E-state index contributed by atoms with van der Waals surface area (Å²) in [7, 11) is 0. The van der Waals surface area contributed by atoms with Gasteiger partial charge < -0.3 is 18.9 Å². The summed E-state index contributed by atoms with van der Waals surface area (Å²) in [6, 6.07) is 101. The second-order valence-corrected chi connectivity index (χ2v) is 17.8. The van der Waals surface area contributed by atoms with Crippen molar-refractivity contribution in [2.24, 2.45) is 0 Å². The highest BCUT2D eigenvalue weighted by molar-refractivity contribution is 6.11. The Kier molecular flexibility index (Phi) is 10.1. The lowest BCUT2D eigenvalue weighted by Crippen LogP contribution is -2.10. The van der Waals surface area contributed by atoms with Crippen LogP contribution in [0.3, 0.4) is 0 Å². The molecule has 0 aliphatic rings. The van der Waals surface area contributed by atoms with Gasteiger partial charge >= 0.3 is 0 Å². The topological polar surface area (TPSA) is 16.3 Å². The predicted molar refractivity (Wildman–Crippen MR) is 295 cm³/mol. The van der Waals surface area contributed by atoms with Gasteiger partial charge in [0, 0.05) is 67.0 Å². The van der Waals surface area contributed by atoms with Crippen LogP contribution in [-0.4, -0.2) is 9.13 Å². The Labute approximate surface area is 407 Å². The van der Waals surface area contributed by atoms with E-state index in [9.17, 15) is 0 Å². The molecule has 4 nitrogen and oxygen atoms in total. The molecule has 4 heteroatoms. The normalized spacial score (nSPS) is 11.4. The summed E-state index contributed by atoms with van der Waals surface area (Å²) >= 11 is 0. The van der Waals surface area contributed by atoms with Crippen LogP contribution in [-0.2, 0) is 0 Å². The highest BCUT2D eigenvalue weighted by Crippen LogP contribution is 2.41. The van der Waals surface area contributed by atoms with Crippen LogP contribution < -0.4 is 9.80 Å². The molecule has 330 valence electrons. The predicted octanol–water partition coefficient (Wildman–Crippen LogP) is 18.2. The summed E-state index contributed by atoms with van der Waals surface area (Å²) in [6.07, 6.45) is 0. The number of para-hydroxylation sites is 6. The first-order valence-corrected chi connectivity index (χ1v) is 23.9. The van der Waals surface area contributed by atoms with Crippen LogP contribution >= 0.6 is 0 Å². The van der Waals surface area contributed by atoms with Crippen LogP contribution in [0.1, 0.15) is 0 Å². The van der Waals surface area contributed by atoms with Crippen LogP contribution in [0.4, 0.5) is 34.1 Å². The number of fused-ring (bicyclic) bond motifs is 6. The average Bonchev–Trinajstić information content (AvgIpc) is 3.95. The van der Waals surface area contributed by atoms with Gasteiger partial charge in [0.2, 0.25) is 0 Å². The van der Waals surface area contributed by atoms with Crippen LogP contribution in [0, 0.1) is 0 Å². The third kappa shape index (κ3) is 7.18. The zero-order chi connectivity index (χ0) is 46.4. The molecule has 13 rings (SSSR count). The second-order valence-electron chi connectivity index (χ2n) is 17.8. The van der Waals surface area contributed by atoms with Gasteiger partial charge in [-0.1, -0.05) is 158 Å². The standard InChI is InChI=1S/C66H46N4/c1-4-16-51(17-5-1)67(56-39-32-49(33-40-56)50-34-45-62-61-24-12-15-27-65(61)70(66(62)46-50)53-20-8-3-9-21-53)54-35-28-47(29-36-54)48-30-37-55(38-31-48)68(52-18-6-2-7-19-52)57-41-43-58(44-42-57)69-63-25-13-10-22-59(63)60-23-11-14-26-64(60)69/h1-46H. The molecule has 0 aliphatic heterocycles. The average molecular weight is 895 g/mol. The van der Waals surface area contributed by atoms with E-state index >= 15 is 0 Å². The zero-order valence-electron chi connectivity index (χ0n) is 38.3. The molecule has 0 saturated heterocycles. The van der Waals surface area contributed by atoms with E-state index in [0.29, 0.717) is 0 Å². The molecule has 0 aliphatic carbocycles. The van der Waals surface area contributed by atoms with Crippen molar-refractivity contribution in [1.29, 1.82) is 0 Å². The first kappa shape index (κ1) is 40.9. The van der Waals surface area contributed by atoms with Crippen molar-refractivity contribution in [1.82, 2.24) is 9.13 Å². The Bertz CT molecular complexity index is 3900. The van der Waals surface area contributed by atoms with E-state index in [-0.39, 0.29) is 0 Å². The van der Waals surface area contributed by atoms with Crippen molar-refractivity contribution in [3.8, 4) is 33.6 Å². The van der Waals surface area contributed by atoms with Crippen molar-refractivity contribution in [3.63, 3.8) is 0 Å². The number of benzene rings is 11. The molecular formula is C66H46N4. The Hall–Kier alpha value is -9.38. The molecule has 0 saturated carbocycles. The van der Waals surface area contributed by atoms with E-state index in [4.69, 9.17) is 0 Å². The van der Waals surface area contributed by atoms with Gasteiger partial charge in [0.05, 0.1) is 22.1 Å². The summed E-state index contributed by atoms with van der Waals surface area (Å²) in [5, 5.41) is 5.03. The number of anilines is 6. The molecule has 0 bridgehead atoms. The summed E-state index contributed by atoms with van der Waals surface area (Å²) in [4.78, 5) is 4.66. The fourth-order valence-electron chi connectivity index (χ4n) is 10.4. The minimum atomic E-state index is 1.09. The molecule has 2 heterocycles. The van der Waals surface area contributed by atoms with Crippen molar-refractivity contribution in [2.45, 2.75) is 0 Å². The van der Waals surface area contributed by atoms with Gasteiger partial charge in [-0.15, -0.1) is 0 Å². The van der Waals surface area contributed by atoms with E-state index in [1.807, 2.05) is 0 Å². The van der Waals surface area contributed by atoms with Crippen molar-refractivity contribution >= 4 is 77.7 Å². The van der Waals surface area contributed by atoms with Crippen LogP contribution in [0.15, 0.2) is 279 Å². The van der Waals surface area contributed by atoms with Gasteiger partial charge in [0.1, 0.15) is 0 Å². The van der Waals surface area contributed by atoms with Crippen molar-refractivity contribution in [3.05, 3.63) is 279 Å². The fraction of sp³-hybridized carbons (Fsp3) is 0. The van der Waals surface area contributed by atoms with Crippen molar-refractivity contribution in [2.75, 3.05) is 9.80 Å². The maximum absolute atomic E-state index is 2.38. The Morgan fingerprint density at radius 3 is 0.914 bits per heavy atom. The quantitative estimate of drug-likeness (QED) is 0.136. The van der Waals surface area contributed by atoms with Gasteiger partial charge in [0.25, 0.3) is 0 Å². The van der Waals surface area contributed by atoms with Gasteiger partial charge in [-0.3, -0.25) is 0 Å². The lowest BCUT2D eigenvalue weighted by atomic mass is 10.0. The molecule has 11 aromatic carbocycles. The summed E-state index contributed by atoms with van der Waals surface area (Å²) in [5.41, 5.74) is 18.3. The summed E-state index contributed by atoms with van der Waals surface area (Å²) in [6.45, 7) is 0. The summed E-state index contributed by atoms with van der Waals surface area (Å²) < 4.78 is 4.75. The van der Waals surface area contributed by atoms with Gasteiger partial charge in [-0.2, -0.15) is 0 Å². The Morgan fingerprint density at radius 2 is 0.486 bits per heavy atom. The van der Waals surface area contributed by atoms with Crippen LogP contribution in [0.5, 0.6) is 0 Å². The SMILES string of the molecule is c1ccc(N(c2ccc(-c3ccc(N(c4ccccc4)c4ccc(-n5c6ccccc6c6ccccc65)cc4)cc3)cc2)c2ccc(-c3ccc4c5ccccc5n(-c5ccccc5)c4c3)cc2)cc1. The minimum Gasteiger partial charge on any atom is -0.311 e. The number of hydrogen-bond acceptors (Lipinski definition) is 2. The molecule has 70 heavy (non-hydrogen) atoms. The van der Waals surface area contributed by atoms with Gasteiger partial charge in [0.15, 0.2) is 0 Å². The lowest BCUT2D eigenvalue weighted by Gasteiger charge is -2.26. The number of nitrogens with zero attached hydrogens (tertiary/aromatic N) is 4. The molecule has 0 unspecified atom stereocenters. The number of hydrogen-bond donors (Lipinski definition) is 0. The molecular weight excluding hydrogens is 849 g/mol. The van der Waals surface area contributed by atoms with Crippen LogP contribution in [0.2, 0.25) is 0 Å². The first-order valence-electron chi connectivity index (χ1n) is 23.9. The largest absolute Gasteiger partial charge is 0.311 e. The molecule has 0 N–H and O–H groups in total. The number of rotatable bonds is 10. The maximum atomic E-state index is 2.38. The molecule has 0 spiro atoms. The van der Waals surface area contributed by atoms with Crippen LogP contribution in [0.25, 0.3) is 77.2 Å². The maximum Gasteiger partial charge on any atom is 0.0547 e. The van der Waals surface area contributed by atoms with E-state index in [0.717, 1.165) is 56.6 Å². The van der Waals surface area contributed by atoms with E-state index in [1.54, 1.807) is 0 Å². The number of aromatic nitrogens is 2. The Balaban J connectivity index is 0.795. The highest BCUT2D eigenvalue weighted by Gasteiger charge is 2.18. The Morgan fingerprint density at radius 1 is 0.200 bits per heavy atom. The minimum absolute atomic E-state index is 1.09. The van der Waals surface area contributed by atoms with E-state index < -0.39 is 0 Å². The molecule has 2 aromatic heterocycles. The molecule has 13 aromatic rings. The van der Waals surface area contributed by atoms with Gasteiger partial charge in [-0.05, 0) is 144 Å². The van der Waals surface area contributed by atoms with E-state index in [1.165, 1.54) is 54.7 Å². The highest BCUT2D eigenvalue weighted by atomic mass is 15.1. The lowest BCUT2D eigenvalue weighted by molar-refractivity contribution is 1.17. The smallest absolute Gasteiger partial charge is 0.0547 e. The fourth-order valence-corrected chi connectivity index (χ4v) is 10.4. The third-order valence-corrected chi connectivity index (χ3v) is 13.7.